The molecule has 7 heteroatoms. The molecule has 2 heterocycles. The topological polar surface area (TPSA) is 71.3 Å². The quantitative estimate of drug-likeness (QED) is 0.632. The maximum atomic E-state index is 12.8. The molecule has 1 amide bonds. The van der Waals surface area contributed by atoms with E-state index in [0.717, 1.165) is 37.9 Å². The summed E-state index contributed by atoms with van der Waals surface area (Å²) in [4.78, 5) is 19.2. The molecule has 2 aromatic carbocycles. The molecule has 4 rings (SSSR count). The molecule has 1 aromatic heterocycles. The maximum Gasteiger partial charge on any atom is 0.255 e. The van der Waals surface area contributed by atoms with Crippen molar-refractivity contribution in [3.8, 4) is 11.4 Å². The van der Waals surface area contributed by atoms with Gasteiger partial charge < -0.3 is 14.7 Å². The van der Waals surface area contributed by atoms with E-state index in [4.69, 9.17) is 16.1 Å². The number of hydrogen-bond donors (Lipinski definition) is 1. The minimum atomic E-state index is 0.0175. The van der Waals surface area contributed by atoms with Crippen LogP contribution < -0.4 is 5.32 Å². The van der Waals surface area contributed by atoms with Crippen LogP contribution in [0.4, 0.5) is 5.69 Å². The minimum absolute atomic E-state index is 0.0175. The van der Waals surface area contributed by atoms with Crippen LogP contribution in [0.25, 0.3) is 11.4 Å². The first-order valence-corrected chi connectivity index (χ1v) is 10.3. The summed E-state index contributed by atoms with van der Waals surface area (Å²) in [6.45, 7) is 4.02. The number of likely N-dealkylation sites (tertiary alicyclic amines) is 1. The van der Waals surface area contributed by atoms with Gasteiger partial charge in [0.1, 0.15) is 0 Å². The second kappa shape index (κ2) is 8.66. The third kappa shape index (κ3) is 4.43. The van der Waals surface area contributed by atoms with Crippen molar-refractivity contribution < 1.29 is 9.32 Å². The summed E-state index contributed by atoms with van der Waals surface area (Å²) in [5, 5.41) is 7.86. The molecule has 0 saturated carbocycles. The molecule has 1 N–H and O–H groups in total. The van der Waals surface area contributed by atoms with Crippen LogP contribution in [0.2, 0.25) is 5.02 Å². The fourth-order valence-electron chi connectivity index (χ4n) is 3.44. The van der Waals surface area contributed by atoms with Gasteiger partial charge in [-0.3, -0.25) is 4.79 Å². The van der Waals surface area contributed by atoms with Crippen molar-refractivity contribution in [2.75, 3.05) is 18.4 Å². The van der Waals surface area contributed by atoms with E-state index in [-0.39, 0.29) is 5.91 Å². The standard InChI is InChI=1S/C22H23ClN4O2/c1-2-15-5-7-16(8-6-15)21-25-20(29-26-21)14-24-19-13-17(23)9-10-18(19)22(28)27-11-3-4-12-27/h5-10,13,24H,2-4,11-12,14H2,1H3. The van der Waals surface area contributed by atoms with Crippen LogP contribution in [-0.2, 0) is 13.0 Å². The third-order valence-corrected chi connectivity index (χ3v) is 5.36. The number of nitrogens with zero attached hydrogens (tertiary/aromatic N) is 3. The molecule has 1 saturated heterocycles. The van der Waals surface area contributed by atoms with Crippen LogP contribution in [0.3, 0.4) is 0 Å². The van der Waals surface area contributed by atoms with E-state index in [1.807, 2.05) is 17.0 Å². The average Bonchev–Trinajstić information content (AvgIpc) is 3.44. The Morgan fingerprint density at radius 3 is 2.66 bits per heavy atom. The third-order valence-electron chi connectivity index (χ3n) is 5.12. The van der Waals surface area contributed by atoms with E-state index in [2.05, 4.69) is 34.5 Å². The zero-order valence-electron chi connectivity index (χ0n) is 16.3. The number of hydrogen-bond acceptors (Lipinski definition) is 5. The fraction of sp³-hybridized carbons (Fsp3) is 0.318. The first-order valence-electron chi connectivity index (χ1n) is 9.88. The lowest BCUT2D eigenvalue weighted by Crippen LogP contribution is -2.28. The Labute approximate surface area is 174 Å². The smallest absolute Gasteiger partial charge is 0.255 e. The first-order chi connectivity index (χ1) is 14.1. The van der Waals surface area contributed by atoms with Crippen LogP contribution in [-0.4, -0.2) is 34.0 Å². The summed E-state index contributed by atoms with van der Waals surface area (Å²) in [5.74, 6) is 1.01. The zero-order valence-corrected chi connectivity index (χ0v) is 17.1. The Morgan fingerprint density at radius 1 is 1.17 bits per heavy atom. The maximum absolute atomic E-state index is 12.8. The molecule has 6 nitrogen and oxygen atoms in total. The first kappa shape index (κ1) is 19.5. The molecular weight excluding hydrogens is 388 g/mol. The number of amides is 1. The lowest BCUT2D eigenvalue weighted by atomic mass is 10.1. The molecule has 1 aliphatic rings. The Kier molecular flexibility index (Phi) is 5.81. The van der Waals surface area contributed by atoms with Gasteiger partial charge in [0, 0.05) is 29.4 Å². The van der Waals surface area contributed by atoms with E-state index in [1.54, 1.807) is 18.2 Å². The van der Waals surface area contributed by atoms with Crippen molar-refractivity contribution in [2.24, 2.45) is 0 Å². The van der Waals surface area contributed by atoms with Crippen LogP contribution in [0.15, 0.2) is 47.0 Å². The molecule has 0 spiro atoms. The van der Waals surface area contributed by atoms with Gasteiger partial charge in [-0.15, -0.1) is 0 Å². The van der Waals surface area contributed by atoms with Crippen molar-refractivity contribution in [3.05, 3.63) is 64.5 Å². The van der Waals surface area contributed by atoms with Crippen molar-refractivity contribution in [1.29, 1.82) is 0 Å². The Balaban J connectivity index is 1.48. The van der Waals surface area contributed by atoms with Gasteiger partial charge in [0.25, 0.3) is 5.91 Å². The zero-order chi connectivity index (χ0) is 20.2. The molecule has 150 valence electrons. The van der Waals surface area contributed by atoms with E-state index in [1.165, 1.54) is 5.56 Å². The predicted octanol–water partition coefficient (Wildman–Crippen LogP) is 4.80. The molecule has 0 aliphatic carbocycles. The van der Waals surface area contributed by atoms with Crippen molar-refractivity contribution in [2.45, 2.75) is 32.7 Å². The van der Waals surface area contributed by atoms with E-state index < -0.39 is 0 Å². The minimum Gasteiger partial charge on any atom is -0.375 e. The highest BCUT2D eigenvalue weighted by Gasteiger charge is 2.22. The summed E-state index contributed by atoms with van der Waals surface area (Å²) in [6, 6.07) is 13.4. The molecule has 1 aliphatic heterocycles. The summed E-state index contributed by atoms with van der Waals surface area (Å²) in [5.41, 5.74) is 3.44. The molecule has 0 bridgehead atoms. The summed E-state index contributed by atoms with van der Waals surface area (Å²) >= 11 is 6.16. The molecule has 0 unspecified atom stereocenters. The molecule has 29 heavy (non-hydrogen) atoms. The normalized spacial score (nSPS) is 13.7. The van der Waals surface area contributed by atoms with Crippen molar-refractivity contribution in [1.82, 2.24) is 15.0 Å². The number of carbonyl (C=O) groups is 1. The number of aromatic nitrogens is 2. The number of benzene rings is 2. The molecule has 0 radical (unpaired) electrons. The SMILES string of the molecule is CCc1ccc(-c2noc(CNc3cc(Cl)ccc3C(=O)N3CCCC3)n2)cc1. The number of aryl methyl sites for hydroxylation is 1. The Morgan fingerprint density at radius 2 is 1.93 bits per heavy atom. The number of nitrogens with one attached hydrogen (secondary N) is 1. The van der Waals surface area contributed by atoms with Gasteiger partial charge >= 0.3 is 0 Å². The highest BCUT2D eigenvalue weighted by atomic mass is 35.5. The van der Waals surface area contributed by atoms with E-state index >= 15 is 0 Å². The number of rotatable bonds is 6. The number of carbonyl (C=O) groups excluding carboxylic acids is 1. The largest absolute Gasteiger partial charge is 0.375 e. The second-order valence-electron chi connectivity index (χ2n) is 7.10. The van der Waals surface area contributed by atoms with Gasteiger partial charge in [-0.05, 0) is 43.0 Å². The van der Waals surface area contributed by atoms with Gasteiger partial charge in [0.2, 0.25) is 11.7 Å². The van der Waals surface area contributed by atoms with Crippen LogP contribution >= 0.6 is 11.6 Å². The summed E-state index contributed by atoms with van der Waals surface area (Å²) < 4.78 is 5.38. The average molecular weight is 411 g/mol. The van der Waals surface area contributed by atoms with Crippen molar-refractivity contribution in [3.63, 3.8) is 0 Å². The Hall–Kier alpha value is -2.86. The predicted molar refractivity (Wildman–Crippen MR) is 113 cm³/mol. The molecule has 3 aromatic rings. The van der Waals surface area contributed by atoms with Gasteiger partial charge in [-0.25, -0.2) is 0 Å². The van der Waals surface area contributed by atoms with Crippen molar-refractivity contribution >= 4 is 23.2 Å². The van der Waals surface area contributed by atoms with Gasteiger partial charge in [0.15, 0.2) is 0 Å². The van der Waals surface area contributed by atoms with Crippen LogP contribution in [0, 0.1) is 0 Å². The highest BCUT2D eigenvalue weighted by molar-refractivity contribution is 6.31. The van der Waals surface area contributed by atoms with Crippen LogP contribution in [0.5, 0.6) is 0 Å². The molecule has 0 atom stereocenters. The molecular formula is C22H23ClN4O2. The van der Waals surface area contributed by atoms with Gasteiger partial charge in [-0.1, -0.05) is 47.9 Å². The van der Waals surface area contributed by atoms with Gasteiger partial charge in [-0.2, -0.15) is 4.98 Å². The summed E-state index contributed by atoms with van der Waals surface area (Å²) in [7, 11) is 0. The summed E-state index contributed by atoms with van der Waals surface area (Å²) in [6.07, 6.45) is 3.08. The van der Waals surface area contributed by atoms with E-state index in [0.29, 0.717) is 34.5 Å². The number of anilines is 1. The lowest BCUT2D eigenvalue weighted by Gasteiger charge is -2.18. The monoisotopic (exact) mass is 410 g/mol. The van der Waals surface area contributed by atoms with Crippen LogP contribution in [0.1, 0.15) is 41.6 Å². The second-order valence-corrected chi connectivity index (χ2v) is 7.54. The lowest BCUT2D eigenvalue weighted by molar-refractivity contribution is 0.0793. The number of halogens is 1. The molecule has 1 fully saturated rings. The Bertz CT molecular complexity index is 994. The van der Waals surface area contributed by atoms with E-state index in [9.17, 15) is 4.79 Å². The fourth-order valence-corrected chi connectivity index (χ4v) is 3.62. The van der Waals surface area contributed by atoms with Gasteiger partial charge in [0.05, 0.1) is 12.1 Å². The highest BCUT2D eigenvalue weighted by Crippen LogP contribution is 2.25.